The number of hydrogen-bond donors (Lipinski definition) is 1. The van der Waals surface area contributed by atoms with Crippen molar-refractivity contribution < 1.29 is 0 Å². The fourth-order valence-corrected chi connectivity index (χ4v) is 3.80. The molecule has 1 unspecified atom stereocenters. The Morgan fingerprint density at radius 2 is 1.14 bits per heavy atom. The molecule has 0 aliphatic heterocycles. The van der Waals surface area contributed by atoms with Crippen LogP contribution in [0.5, 0.6) is 0 Å². The molecule has 2 heteroatoms. The highest BCUT2D eigenvalue weighted by molar-refractivity contribution is 5.85. The zero-order chi connectivity index (χ0) is 19.4. The van der Waals surface area contributed by atoms with Crippen LogP contribution in [0.15, 0.2) is 30.3 Å². The van der Waals surface area contributed by atoms with Gasteiger partial charge < -0.3 is 5.32 Å². The van der Waals surface area contributed by atoms with E-state index in [-0.39, 0.29) is 12.4 Å². The fraction of sp³-hybridized carbons (Fsp3) is 0.769. The summed E-state index contributed by atoms with van der Waals surface area (Å²) in [4.78, 5) is 0. The van der Waals surface area contributed by atoms with Gasteiger partial charge in [-0.15, -0.1) is 12.4 Å². The van der Waals surface area contributed by atoms with Crippen LogP contribution in [0.25, 0.3) is 0 Å². The Bertz CT molecular complexity index is 406. The van der Waals surface area contributed by atoms with Crippen molar-refractivity contribution in [3.63, 3.8) is 0 Å². The molecule has 1 aromatic rings. The first-order valence-electron chi connectivity index (χ1n) is 12.1. The van der Waals surface area contributed by atoms with E-state index in [2.05, 4.69) is 49.5 Å². The number of nitrogens with one attached hydrogen (secondary N) is 1. The molecule has 1 aromatic carbocycles. The Hall–Kier alpha value is -0.530. The van der Waals surface area contributed by atoms with Crippen molar-refractivity contribution >= 4 is 12.4 Å². The van der Waals surface area contributed by atoms with Crippen molar-refractivity contribution in [2.75, 3.05) is 6.54 Å². The standard InChI is InChI=1S/C26H47N.ClH/c1-3-4-5-6-7-8-9-10-11-12-13-14-15-19-24-27-25(2)22-23-26-20-17-16-18-21-26;/h16-18,20-21,25,27H,3-15,19,22-24H2,1-2H3;1H. The van der Waals surface area contributed by atoms with Gasteiger partial charge in [0.25, 0.3) is 0 Å². The summed E-state index contributed by atoms with van der Waals surface area (Å²) in [6.45, 7) is 5.81. The number of rotatable bonds is 19. The molecule has 1 rings (SSSR count). The molecule has 0 aliphatic carbocycles. The van der Waals surface area contributed by atoms with Crippen molar-refractivity contribution in [3.8, 4) is 0 Å². The maximum atomic E-state index is 3.70. The van der Waals surface area contributed by atoms with Gasteiger partial charge in [-0.1, -0.05) is 121 Å². The van der Waals surface area contributed by atoms with E-state index in [1.165, 1.54) is 115 Å². The van der Waals surface area contributed by atoms with Crippen LogP contribution in [0.3, 0.4) is 0 Å². The molecule has 164 valence electrons. The molecule has 0 bridgehead atoms. The topological polar surface area (TPSA) is 12.0 Å². The molecule has 1 N–H and O–H groups in total. The number of aryl methyl sites for hydroxylation is 1. The van der Waals surface area contributed by atoms with E-state index >= 15 is 0 Å². The van der Waals surface area contributed by atoms with E-state index in [4.69, 9.17) is 0 Å². The Morgan fingerprint density at radius 3 is 1.64 bits per heavy atom. The van der Waals surface area contributed by atoms with Crippen LogP contribution < -0.4 is 5.32 Å². The van der Waals surface area contributed by atoms with Crippen LogP contribution in [0.4, 0.5) is 0 Å². The number of halogens is 1. The predicted molar refractivity (Wildman–Crippen MR) is 130 cm³/mol. The van der Waals surface area contributed by atoms with E-state index in [0.29, 0.717) is 6.04 Å². The first-order valence-corrected chi connectivity index (χ1v) is 12.1. The molecule has 0 aliphatic rings. The second kappa shape index (κ2) is 21.2. The molecule has 0 heterocycles. The Balaban J connectivity index is 0.00000729. The molecule has 0 saturated carbocycles. The Kier molecular flexibility index (Phi) is 20.8. The van der Waals surface area contributed by atoms with E-state index < -0.39 is 0 Å². The molecule has 0 fully saturated rings. The lowest BCUT2D eigenvalue weighted by molar-refractivity contribution is 0.487. The zero-order valence-electron chi connectivity index (χ0n) is 18.9. The summed E-state index contributed by atoms with van der Waals surface area (Å²) in [5.41, 5.74) is 1.46. The van der Waals surface area contributed by atoms with E-state index in [9.17, 15) is 0 Å². The summed E-state index contributed by atoms with van der Waals surface area (Å²) in [5, 5.41) is 3.70. The highest BCUT2D eigenvalue weighted by Gasteiger charge is 2.01. The van der Waals surface area contributed by atoms with Crippen LogP contribution in [0.2, 0.25) is 0 Å². The van der Waals surface area contributed by atoms with E-state index in [0.717, 1.165) is 0 Å². The quantitative estimate of drug-likeness (QED) is 0.226. The van der Waals surface area contributed by atoms with Gasteiger partial charge in [0.2, 0.25) is 0 Å². The summed E-state index contributed by atoms with van der Waals surface area (Å²) in [7, 11) is 0. The number of unbranched alkanes of at least 4 members (excludes halogenated alkanes) is 13. The van der Waals surface area contributed by atoms with E-state index in [1.807, 2.05) is 0 Å². The summed E-state index contributed by atoms with van der Waals surface area (Å²) < 4.78 is 0. The molecular formula is C26H48ClN. The van der Waals surface area contributed by atoms with Crippen LogP contribution in [-0.4, -0.2) is 12.6 Å². The van der Waals surface area contributed by atoms with Gasteiger partial charge in [-0.05, 0) is 38.3 Å². The van der Waals surface area contributed by atoms with Crippen molar-refractivity contribution in [1.29, 1.82) is 0 Å². The summed E-state index contributed by atoms with van der Waals surface area (Å²) >= 11 is 0. The molecular weight excluding hydrogens is 362 g/mol. The van der Waals surface area contributed by atoms with Gasteiger partial charge in [-0.25, -0.2) is 0 Å². The average molecular weight is 410 g/mol. The number of benzene rings is 1. The minimum atomic E-state index is 0. The summed E-state index contributed by atoms with van der Waals surface area (Å²) in [6, 6.07) is 11.5. The SMILES string of the molecule is CCCCCCCCCCCCCCCCNC(C)CCc1ccccc1.Cl. The molecule has 1 atom stereocenters. The van der Waals surface area contributed by atoms with Gasteiger partial charge >= 0.3 is 0 Å². The lowest BCUT2D eigenvalue weighted by Gasteiger charge is -2.13. The Morgan fingerprint density at radius 1 is 0.679 bits per heavy atom. The highest BCUT2D eigenvalue weighted by Crippen LogP contribution is 2.13. The molecule has 0 amide bonds. The van der Waals surface area contributed by atoms with Gasteiger partial charge in [0.1, 0.15) is 0 Å². The first-order chi connectivity index (χ1) is 13.3. The van der Waals surface area contributed by atoms with Gasteiger partial charge in [0.05, 0.1) is 0 Å². The molecule has 28 heavy (non-hydrogen) atoms. The smallest absolute Gasteiger partial charge is 0.00418 e. The third-order valence-corrected chi connectivity index (χ3v) is 5.73. The number of hydrogen-bond acceptors (Lipinski definition) is 1. The van der Waals surface area contributed by atoms with Crippen LogP contribution in [0.1, 0.15) is 116 Å². The third-order valence-electron chi connectivity index (χ3n) is 5.73. The second-order valence-corrected chi connectivity index (χ2v) is 8.48. The largest absolute Gasteiger partial charge is 0.314 e. The second-order valence-electron chi connectivity index (χ2n) is 8.48. The zero-order valence-corrected chi connectivity index (χ0v) is 19.7. The minimum absolute atomic E-state index is 0. The fourth-order valence-electron chi connectivity index (χ4n) is 3.80. The van der Waals surface area contributed by atoms with Gasteiger partial charge in [-0.2, -0.15) is 0 Å². The lowest BCUT2D eigenvalue weighted by Crippen LogP contribution is -2.27. The molecule has 0 spiro atoms. The van der Waals surface area contributed by atoms with Crippen LogP contribution >= 0.6 is 12.4 Å². The highest BCUT2D eigenvalue weighted by atomic mass is 35.5. The third kappa shape index (κ3) is 17.6. The molecule has 1 nitrogen and oxygen atoms in total. The van der Waals surface area contributed by atoms with Gasteiger partial charge in [0, 0.05) is 6.04 Å². The maximum Gasteiger partial charge on any atom is 0.00418 e. The average Bonchev–Trinajstić information content (AvgIpc) is 2.70. The predicted octanol–water partition coefficient (Wildman–Crippen LogP) is 8.50. The first kappa shape index (κ1) is 27.5. The van der Waals surface area contributed by atoms with Gasteiger partial charge in [0.15, 0.2) is 0 Å². The van der Waals surface area contributed by atoms with E-state index in [1.54, 1.807) is 0 Å². The van der Waals surface area contributed by atoms with Crippen molar-refractivity contribution in [2.24, 2.45) is 0 Å². The molecule has 0 saturated heterocycles. The molecule has 0 radical (unpaired) electrons. The summed E-state index contributed by atoms with van der Waals surface area (Å²) in [5.74, 6) is 0. The Labute approximate surface area is 182 Å². The monoisotopic (exact) mass is 409 g/mol. The minimum Gasteiger partial charge on any atom is -0.314 e. The maximum absolute atomic E-state index is 3.70. The normalized spacial score (nSPS) is 11.9. The van der Waals surface area contributed by atoms with Gasteiger partial charge in [-0.3, -0.25) is 0 Å². The molecule has 0 aromatic heterocycles. The van der Waals surface area contributed by atoms with Crippen LogP contribution in [0, 0.1) is 0 Å². The van der Waals surface area contributed by atoms with Crippen molar-refractivity contribution in [3.05, 3.63) is 35.9 Å². The lowest BCUT2D eigenvalue weighted by atomic mass is 10.0. The summed E-state index contributed by atoms with van der Waals surface area (Å²) in [6.07, 6.45) is 22.5. The van der Waals surface area contributed by atoms with Crippen molar-refractivity contribution in [1.82, 2.24) is 5.32 Å². The van der Waals surface area contributed by atoms with Crippen LogP contribution in [-0.2, 0) is 6.42 Å². The van der Waals surface area contributed by atoms with Crippen molar-refractivity contribution in [2.45, 2.75) is 123 Å².